The minimum absolute atomic E-state index is 0.0894. The highest BCUT2D eigenvalue weighted by molar-refractivity contribution is 5.95. The van der Waals surface area contributed by atoms with E-state index in [9.17, 15) is 28.8 Å². The van der Waals surface area contributed by atoms with Gasteiger partial charge in [0.05, 0.1) is 51.4 Å². The van der Waals surface area contributed by atoms with Crippen molar-refractivity contribution in [1.82, 2.24) is 0 Å². The number of hydrogen-bond donors (Lipinski definition) is 0. The highest BCUT2D eigenvalue weighted by Gasteiger charge is 2.63. The highest BCUT2D eigenvalue weighted by Crippen LogP contribution is 2.62. The van der Waals surface area contributed by atoms with Crippen LogP contribution in [0.4, 0.5) is 0 Å². The fourth-order valence-corrected chi connectivity index (χ4v) is 8.78. The molecule has 8 atom stereocenters. The molecule has 12 nitrogen and oxygen atoms in total. The molecule has 4 aliphatic carbocycles. The Morgan fingerprint density at radius 1 is 0.696 bits per heavy atom. The number of ether oxygens (including phenoxy) is 6. The SMILES string of the molecule is COC(=O)/C=C/C[C@]12CCC[C@H]1[C@H]1OC(=O)[C@@H]2C=C1C(=O)OC.COC(=O)/C=C/C[C@]12CCC[C@H]1[C@H]1OC(=O)[C@@H]2C=C1C(=O)OC. The number of esters is 6. The Labute approximate surface area is 267 Å². The maximum Gasteiger partial charge on any atom is 0.337 e. The smallest absolute Gasteiger partial charge is 0.337 e. The highest BCUT2D eigenvalue weighted by atomic mass is 16.6. The standard InChI is InChI=1S/2C17H20O6/c2*1-21-13(18)6-4-8-17-7-3-5-11(17)14-10(15(19)22-2)9-12(17)16(20)23-14/h2*4,6,9,11-12,14H,3,5,7-8H2,1-2H3/b2*6-4+/t2*11-,12-,14-,17+/m00/s1. The van der Waals surface area contributed by atoms with Gasteiger partial charge in [0.1, 0.15) is 12.2 Å². The van der Waals surface area contributed by atoms with Crippen molar-refractivity contribution in [3.8, 4) is 0 Å². The molecule has 0 radical (unpaired) electrons. The van der Waals surface area contributed by atoms with Gasteiger partial charge in [0, 0.05) is 24.0 Å². The Morgan fingerprint density at radius 3 is 1.43 bits per heavy atom. The van der Waals surface area contributed by atoms with E-state index in [1.54, 1.807) is 24.3 Å². The van der Waals surface area contributed by atoms with Gasteiger partial charge in [0.15, 0.2) is 0 Å². The monoisotopic (exact) mass is 640 g/mol. The van der Waals surface area contributed by atoms with Gasteiger partial charge in [-0.15, -0.1) is 0 Å². The van der Waals surface area contributed by atoms with Crippen LogP contribution < -0.4 is 0 Å². The lowest BCUT2D eigenvalue weighted by atomic mass is 9.58. The molecule has 0 spiro atoms. The molecule has 12 heteroatoms. The fraction of sp³-hybridized carbons (Fsp3) is 0.588. The zero-order chi connectivity index (χ0) is 33.2. The zero-order valence-corrected chi connectivity index (χ0v) is 26.5. The lowest BCUT2D eigenvalue weighted by Gasteiger charge is -2.51. The second-order valence-corrected chi connectivity index (χ2v) is 12.6. The average Bonchev–Trinajstić information content (AvgIpc) is 3.71. The summed E-state index contributed by atoms with van der Waals surface area (Å²) >= 11 is 0. The predicted molar refractivity (Wildman–Crippen MR) is 158 cm³/mol. The maximum absolute atomic E-state index is 12.3. The van der Waals surface area contributed by atoms with Crippen LogP contribution in [0, 0.1) is 34.5 Å². The lowest BCUT2D eigenvalue weighted by Crippen LogP contribution is -2.55. The number of methoxy groups -OCH3 is 4. The predicted octanol–water partition coefficient (Wildman–Crippen LogP) is 3.09. The lowest BCUT2D eigenvalue weighted by molar-refractivity contribution is -0.180. The van der Waals surface area contributed by atoms with Crippen LogP contribution in [-0.2, 0) is 57.2 Å². The summed E-state index contributed by atoms with van der Waals surface area (Å²) in [7, 11) is 5.31. The van der Waals surface area contributed by atoms with Crippen molar-refractivity contribution in [2.75, 3.05) is 28.4 Å². The Kier molecular flexibility index (Phi) is 9.55. The molecule has 8 rings (SSSR count). The Hall–Kier alpha value is -4.22. The number of carbonyl (C=O) groups excluding carboxylic acids is 6. The van der Waals surface area contributed by atoms with Gasteiger partial charge >= 0.3 is 35.8 Å². The van der Waals surface area contributed by atoms with Gasteiger partial charge in [-0.25, -0.2) is 19.2 Å². The van der Waals surface area contributed by atoms with E-state index in [-0.39, 0.29) is 34.6 Å². The molecule has 0 aromatic heterocycles. The molecule has 4 aliphatic heterocycles. The summed E-state index contributed by atoms with van der Waals surface area (Å²) in [5, 5.41) is 0. The first-order chi connectivity index (χ1) is 22.1. The van der Waals surface area contributed by atoms with Crippen molar-refractivity contribution in [1.29, 1.82) is 0 Å². The summed E-state index contributed by atoms with van der Waals surface area (Å²) in [5.74, 6) is -3.00. The van der Waals surface area contributed by atoms with Crippen LogP contribution in [0.3, 0.4) is 0 Å². The minimum Gasteiger partial charge on any atom is -0.466 e. The second kappa shape index (κ2) is 13.3. The molecule has 46 heavy (non-hydrogen) atoms. The molecule has 0 N–H and O–H groups in total. The van der Waals surface area contributed by atoms with Crippen LogP contribution in [0.1, 0.15) is 51.4 Å². The third-order valence-electron chi connectivity index (χ3n) is 10.8. The number of rotatable bonds is 8. The Balaban J connectivity index is 0.000000181. The van der Waals surface area contributed by atoms with Crippen LogP contribution in [0.25, 0.3) is 0 Å². The third-order valence-corrected chi connectivity index (χ3v) is 10.8. The summed E-state index contributed by atoms with van der Waals surface area (Å²) in [5.41, 5.74) is 0.359. The third kappa shape index (κ3) is 5.55. The largest absolute Gasteiger partial charge is 0.466 e. The molecule has 0 aromatic carbocycles. The van der Waals surface area contributed by atoms with Crippen LogP contribution in [-0.4, -0.2) is 76.5 Å². The molecule has 0 unspecified atom stereocenters. The molecule has 8 aliphatic rings. The van der Waals surface area contributed by atoms with Gasteiger partial charge in [-0.1, -0.05) is 37.1 Å². The van der Waals surface area contributed by atoms with Gasteiger partial charge in [-0.3, -0.25) is 9.59 Å². The van der Waals surface area contributed by atoms with E-state index in [2.05, 4.69) is 9.47 Å². The molecule has 0 aromatic rings. The van der Waals surface area contributed by atoms with Crippen molar-refractivity contribution >= 4 is 35.8 Å². The normalized spacial score (nSPS) is 34.8. The average molecular weight is 641 g/mol. The van der Waals surface area contributed by atoms with Crippen LogP contribution in [0.15, 0.2) is 47.6 Å². The van der Waals surface area contributed by atoms with E-state index in [0.717, 1.165) is 38.5 Å². The first kappa shape index (κ1) is 33.2. The van der Waals surface area contributed by atoms with Crippen molar-refractivity contribution in [3.05, 3.63) is 47.6 Å². The van der Waals surface area contributed by atoms with Gasteiger partial charge in [0.25, 0.3) is 0 Å². The van der Waals surface area contributed by atoms with E-state index in [1.165, 1.54) is 40.6 Å². The van der Waals surface area contributed by atoms with E-state index in [1.807, 2.05) is 0 Å². The minimum atomic E-state index is -0.533. The molecular weight excluding hydrogens is 600 g/mol. The van der Waals surface area contributed by atoms with Crippen molar-refractivity contribution in [3.63, 3.8) is 0 Å². The number of carbonyl (C=O) groups is 6. The van der Waals surface area contributed by atoms with Crippen molar-refractivity contribution in [2.45, 2.75) is 63.6 Å². The number of allylic oxidation sites excluding steroid dienone is 2. The topological polar surface area (TPSA) is 158 Å². The molecule has 0 amide bonds. The van der Waals surface area contributed by atoms with Crippen LogP contribution in [0.2, 0.25) is 0 Å². The van der Waals surface area contributed by atoms with Crippen LogP contribution >= 0.6 is 0 Å². The van der Waals surface area contributed by atoms with E-state index in [0.29, 0.717) is 24.0 Å². The summed E-state index contributed by atoms with van der Waals surface area (Å²) in [6.45, 7) is 0. The molecule has 2 saturated heterocycles. The van der Waals surface area contributed by atoms with Crippen LogP contribution in [0.5, 0.6) is 0 Å². The summed E-state index contributed by atoms with van der Waals surface area (Å²) in [4.78, 5) is 71.0. The first-order valence-electron chi connectivity index (χ1n) is 15.6. The second-order valence-electron chi connectivity index (χ2n) is 12.6. The number of hydrogen-bond acceptors (Lipinski definition) is 12. The van der Waals surface area contributed by atoms with Gasteiger partial charge in [0.2, 0.25) is 0 Å². The zero-order valence-electron chi connectivity index (χ0n) is 26.5. The molecule has 2 saturated carbocycles. The van der Waals surface area contributed by atoms with E-state index in [4.69, 9.17) is 18.9 Å². The van der Waals surface area contributed by atoms with Gasteiger partial charge in [-0.05, 0) is 49.4 Å². The molecule has 4 bridgehead atoms. The van der Waals surface area contributed by atoms with Gasteiger partial charge in [-0.2, -0.15) is 0 Å². The molecular formula is C34H40O12. The first-order valence-corrected chi connectivity index (χ1v) is 15.6. The summed E-state index contributed by atoms with van der Waals surface area (Å²) in [6.07, 6.45) is 15.4. The van der Waals surface area contributed by atoms with Gasteiger partial charge < -0.3 is 28.4 Å². The molecule has 4 fully saturated rings. The van der Waals surface area contributed by atoms with Crippen molar-refractivity contribution in [2.24, 2.45) is 34.5 Å². The molecule has 4 heterocycles. The quantitative estimate of drug-likeness (QED) is 0.217. The Morgan fingerprint density at radius 2 is 1.09 bits per heavy atom. The maximum atomic E-state index is 12.3. The summed E-state index contributed by atoms with van der Waals surface area (Å²) < 4.78 is 29.8. The molecule has 248 valence electrons. The Bertz CT molecular complexity index is 1310. The fourth-order valence-electron chi connectivity index (χ4n) is 8.78. The van der Waals surface area contributed by atoms with E-state index < -0.39 is 47.9 Å². The summed E-state index contributed by atoms with van der Waals surface area (Å²) in [6, 6.07) is 0. The number of fused-ring (bicyclic) bond motifs is 2. The van der Waals surface area contributed by atoms with E-state index >= 15 is 0 Å². The van der Waals surface area contributed by atoms with Crippen molar-refractivity contribution < 1.29 is 57.2 Å².